The Balaban J connectivity index is 2.29. The molecule has 0 saturated carbocycles. The van der Waals surface area contributed by atoms with Crippen molar-refractivity contribution in [2.75, 3.05) is 11.4 Å². The third kappa shape index (κ3) is 2.54. The van der Waals surface area contributed by atoms with E-state index >= 15 is 0 Å². The molecule has 1 aromatic carbocycles. The molecule has 1 heterocycles. The van der Waals surface area contributed by atoms with Crippen LogP contribution in [0.3, 0.4) is 0 Å². The Kier molecular flexibility index (Phi) is 3.87. The average Bonchev–Trinajstić information content (AvgIpc) is 2.33. The molecule has 1 aliphatic rings. The van der Waals surface area contributed by atoms with Crippen LogP contribution in [0.15, 0.2) is 22.7 Å². The van der Waals surface area contributed by atoms with Crippen LogP contribution in [0.4, 0.5) is 5.69 Å². The Labute approximate surface area is 111 Å². The summed E-state index contributed by atoms with van der Waals surface area (Å²) in [4.78, 5) is 13.2. The number of carbonyl (C=O) groups is 1. The first-order valence-electron chi connectivity index (χ1n) is 6.15. The summed E-state index contributed by atoms with van der Waals surface area (Å²) in [5.74, 6) is 0.724. The molecular formula is C14H18BrNO. The molecule has 3 heteroatoms. The summed E-state index contributed by atoms with van der Waals surface area (Å²) >= 11 is 3.57. The van der Waals surface area contributed by atoms with Crippen molar-refractivity contribution in [3.05, 3.63) is 28.2 Å². The zero-order valence-electron chi connectivity index (χ0n) is 10.3. The second kappa shape index (κ2) is 5.21. The fourth-order valence-electron chi connectivity index (χ4n) is 2.50. The molecule has 1 saturated heterocycles. The number of piperidine rings is 1. The first-order valence-corrected chi connectivity index (χ1v) is 6.94. The summed E-state index contributed by atoms with van der Waals surface area (Å²) in [6.45, 7) is 5.69. The number of nitrogens with zero attached hydrogens (tertiary/aromatic N) is 1. The van der Waals surface area contributed by atoms with Gasteiger partial charge >= 0.3 is 0 Å². The van der Waals surface area contributed by atoms with Gasteiger partial charge < -0.3 is 4.90 Å². The van der Waals surface area contributed by atoms with Gasteiger partial charge in [-0.15, -0.1) is 0 Å². The van der Waals surface area contributed by atoms with Crippen LogP contribution in [0.5, 0.6) is 0 Å². The number of benzene rings is 1. The number of rotatable bonds is 2. The SMILES string of the molecule is CC1CCCN(c2ccc(C=O)cc2Br)C1C. The number of aldehydes is 1. The fraction of sp³-hybridized carbons (Fsp3) is 0.500. The van der Waals surface area contributed by atoms with Gasteiger partial charge in [0.2, 0.25) is 0 Å². The molecule has 1 aromatic rings. The van der Waals surface area contributed by atoms with Gasteiger partial charge in [-0.2, -0.15) is 0 Å². The molecule has 0 aromatic heterocycles. The zero-order valence-corrected chi connectivity index (χ0v) is 11.9. The van der Waals surface area contributed by atoms with Crippen LogP contribution in [-0.4, -0.2) is 18.9 Å². The topological polar surface area (TPSA) is 20.3 Å². The van der Waals surface area contributed by atoms with E-state index in [1.807, 2.05) is 18.2 Å². The van der Waals surface area contributed by atoms with E-state index in [1.165, 1.54) is 18.5 Å². The first kappa shape index (κ1) is 12.6. The quantitative estimate of drug-likeness (QED) is 0.772. The van der Waals surface area contributed by atoms with Gasteiger partial charge in [-0.3, -0.25) is 4.79 Å². The van der Waals surface area contributed by atoms with Gasteiger partial charge in [-0.25, -0.2) is 0 Å². The lowest BCUT2D eigenvalue weighted by atomic mass is 9.91. The second-order valence-corrected chi connectivity index (χ2v) is 5.74. The molecule has 2 atom stereocenters. The van der Waals surface area contributed by atoms with Crippen molar-refractivity contribution >= 4 is 27.9 Å². The van der Waals surface area contributed by atoms with E-state index in [-0.39, 0.29) is 0 Å². The molecule has 2 unspecified atom stereocenters. The van der Waals surface area contributed by atoms with E-state index < -0.39 is 0 Å². The maximum Gasteiger partial charge on any atom is 0.150 e. The van der Waals surface area contributed by atoms with Gasteiger partial charge in [0.05, 0.1) is 5.69 Å². The van der Waals surface area contributed by atoms with Gasteiger partial charge in [-0.1, -0.05) is 6.92 Å². The largest absolute Gasteiger partial charge is 0.368 e. The van der Waals surface area contributed by atoms with Gasteiger partial charge in [0.15, 0.2) is 0 Å². The van der Waals surface area contributed by atoms with Crippen molar-refractivity contribution in [1.82, 2.24) is 0 Å². The monoisotopic (exact) mass is 295 g/mol. The van der Waals surface area contributed by atoms with Crippen molar-refractivity contribution in [3.63, 3.8) is 0 Å². The average molecular weight is 296 g/mol. The second-order valence-electron chi connectivity index (χ2n) is 4.88. The van der Waals surface area contributed by atoms with E-state index in [1.54, 1.807) is 0 Å². The van der Waals surface area contributed by atoms with Crippen molar-refractivity contribution < 1.29 is 4.79 Å². The molecule has 0 amide bonds. The molecule has 0 spiro atoms. The van der Waals surface area contributed by atoms with Crippen LogP contribution in [0.1, 0.15) is 37.0 Å². The highest BCUT2D eigenvalue weighted by molar-refractivity contribution is 9.10. The number of hydrogen-bond donors (Lipinski definition) is 0. The lowest BCUT2D eigenvalue weighted by molar-refractivity contribution is 0.112. The third-order valence-electron chi connectivity index (χ3n) is 3.79. The van der Waals surface area contributed by atoms with Crippen LogP contribution in [0.25, 0.3) is 0 Å². The molecule has 2 rings (SSSR count). The number of anilines is 1. The minimum atomic E-state index is 0.558. The number of carbonyl (C=O) groups excluding carboxylic acids is 1. The first-order chi connectivity index (χ1) is 8.13. The van der Waals surface area contributed by atoms with Crippen LogP contribution in [0.2, 0.25) is 0 Å². The van der Waals surface area contributed by atoms with Gasteiger partial charge in [0, 0.05) is 22.6 Å². The molecular weight excluding hydrogens is 278 g/mol. The summed E-state index contributed by atoms with van der Waals surface area (Å²) in [5.41, 5.74) is 1.92. The lowest BCUT2D eigenvalue weighted by Crippen LogP contribution is -2.42. The van der Waals surface area contributed by atoms with E-state index in [0.29, 0.717) is 6.04 Å². The Morgan fingerprint density at radius 2 is 2.18 bits per heavy atom. The van der Waals surface area contributed by atoms with E-state index in [4.69, 9.17) is 0 Å². The van der Waals surface area contributed by atoms with E-state index in [9.17, 15) is 4.79 Å². The van der Waals surface area contributed by atoms with Gasteiger partial charge in [-0.05, 0) is 59.8 Å². The summed E-state index contributed by atoms with van der Waals surface area (Å²) in [6.07, 6.45) is 3.44. The molecule has 0 bridgehead atoms. The minimum absolute atomic E-state index is 0.558. The van der Waals surface area contributed by atoms with Crippen molar-refractivity contribution in [2.24, 2.45) is 5.92 Å². The molecule has 17 heavy (non-hydrogen) atoms. The van der Waals surface area contributed by atoms with E-state index in [0.717, 1.165) is 28.8 Å². The van der Waals surface area contributed by atoms with Gasteiger partial charge in [0.25, 0.3) is 0 Å². The van der Waals surface area contributed by atoms with Crippen molar-refractivity contribution in [2.45, 2.75) is 32.7 Å². The highest BCUT2D eigenvalue weighted by atomic mass is 79.9. The lowest BCUT2D eigenvalue weighted by Gasteiger charge is -2.40. The Morgan fingerprint density at radius 3 is 2.82 bits per heavy atom. The Hall–Kier alpha value is -0.830. The Bertz CT molecular complexity index is 419. The predicted molar refractivity (Wildman–Crippen MR) is 74.7 cm³/mol. The summed E-state index contributed by atoms with van der Waals surface area (Å²) in [6, 6.07) is 6.39. The van der Waals surface area contributed by atoms with Gasteiger partial charge in [0.1, 0.15) is 6.29 Å². The molecule has 92 valence electrons. The summed E-state index contributed by atoms with van der Waals surface area (Å²) in [5, 5.41) is 0. The standard InChI is InChI=1S/C14H18BrNO/c1-10-4-3-7-16(11(10)2)14-6-5-12(9-17)8-13(14)15/h5-6,8-11H,3-4,7H2,1-2H3. The van der Waals surface area contributed by atoms with Crippen molar-refractivity contribution in [3.8, 4) is 0 Å². The molecule has 0 aliphatic carbocycles. The normalized spacial score (nSPS) is 24.8. The van der Waals surface area contributed by atoms with Crippen molar-refractivity contribution in [1.29, 1.82) is 0 Å². The summed E-state index contributed by atoms with van der Waals surface area (Å²) < 4.78 is 1.02. The molecule has 2 nitrogen and oxygen atoms in total. The van der Waals surface area contributed by atoms with Crippen LogP contribution in [0, 0.1) is 5.92 Å². The summed E-state index contributed by atoms with van der Waals surface area (Å²) in [7, 11) is 0. The smallest absolute Gasteiger partial charge is 0.150 e. The molecule has 0 radical (unpaired) electrons. The third-order valence-corrected chi connectivity index (χ3v) is 4.43. The molecule has 1 fully saturated rings. The minimum Gasteiger partial charge on any atom is -0.368 e. The molecule has 1 aliphatic heterocycles. The number of hydrogen-bond acceptors (Lipinski definition) is 2. The highest BCUT2D eigenvalue weighted by Gasteiger charge is 2.25. The van der Waals surface area contributed by atoms with Crippen LogP contribution in [-0.2, 0) is 0 Å². The maximum atomic E-state index is 10.7. The molecule has 0 N–H and O–H groups in total. The highest BCUT2D eigenvalue weighted by Crippen LogP contribution is 2.33. The zero-order chi connectivity index (χ0) is 12.4. The predicted octanol–water partition coefficient (Wildman–Crippen LogP) is 3.89. The maximum absolute atomic E-state index is 10.7. The van der Waals surface area contributed by atoms with E-state index in [2.05, 4.69) is 34.7 Å². The Morgan fingerprint density at radius 1 is 1.41 bits per heavy atom. The number of halogens is 1. The fourth-order valence-corrected chi connectivity index (χ4v) is 3.13. The van der Waals surface area contributed by atoms with Crippen LogP contribution >= 0.6 is 15.9 Å². The van der Waals surface area contributed by atoms with Crippen LogP contribution < -0.4 is 4.90 Å².